The van der Waals surface area contributed by atoms with Gasteiger partial charge in [-0.15, -0.1) is 0 Å². The van der Waals surface area contributed by atoms with Gasteiger partial charge in [0.2, 0.25) is 11.8 Å². The van der Waals surface area contributed by atoms with Crippen LogP contribution < -0.4 is 10.8 Å². The van der Waals surface area contributed by atoms with E-state index in [9.17, 15) is 24.7 Å². The minimum Gasteiger partial charge on any atom is -0.465 e. The molecule has 2 saturated heterocycles. The minimum atomic E-state index is -1.01. The maximum atomic E-state index is 13.3. The molecule has 0 saturated carbocycles. The van der Waals surface area contributed by atoms with Crippen LogP contribution in [-0.4, -0.2) is 76.3 Å². The Labute approximate surface area is 188 Å². The third-order valence-corrected chi connectivity index (χ3v) is 6.73. The van der Waals surface area contributed by atoms with Gasteiger partial charge in [0.15, 0.2) is 0 Å². The summed E-state index contributed by atoms with van der Waals surface area (Å²) in [6, 6.07) is 9.35. The summed E-state index contributed by atoms with van der Waals surface area (Å²) in [5.74, 6) is -1.24. The van der Waals surface area contributed by atoms with Crippen molar-refractivity contribution in [1.82, 2.24) is 20.6 Å². The van der Waals surface area contributed by atoms with Crippen molar-refractivity contribution >= 4 is 17.9 Å². The predicted molar refractivity (Wildman–Crippen MR) is 118 cm³/mol. The number of hydrogen-bond donors (Lipinski definition) is 4. The molecule has 2 aliphatic rings. The molecule has 3 amide bonds. The molecule has 3 rings (SSSR count). The van der Waals surface area contributed by atoms with Crippen LogP contribution in [0.15, 0.2) is 30.3 Å². The highest BCUT2D eigenvalue weighted by Crippen LogP contribution is 2.30. The molecule has 32 heavy (non-hydrogen) atoms. The van der Waals surface area contributed by atoms with E-state index in [0.717, 1.165) is 12.8 Å². The van der Waals surface area contributed by atoms with Gasteiger partial charge >= 0.3 is 6.09 Å². The number of carboxylic acid groups (broad SMARTS) is 1. The van der Waals surface area contributed by atoms with Crippen molar-refractivity contribution in [3.8, 4) is 0 Å². The lowest BCUT2D eigenvalue weighted by molar-refractivity contribution is -0.145. The first-order chi connectivity index (χ1) is 15.3. The number of benzene rings is 1. The Bertz CT molecular complexity index is 795. The zero-order chi connectivity index (χ0) is 23.3. The van der Waals surface area contributed by atoms with Gasteiger partial charge in [0.25, 0.3) is 0 Å². The predicted octanol–water partition coefficient (Wildman–Crippen LogP) is 1.88. The second-order valence-electron chi connectivity index (χ2n) is 9.11. The molecule has 3 atom stereocenters. The van der Waals surface area contributed by atoms with Gasteiger partial charge in [0.1, 0.15) is 0 Å². The molecule has 1 aromatic rings. The number of hydrogen-bond acceptors (Lipinski definition) is 5. The van der Waals surface area contributed by atoms with Gasteiger partial charge in [-0.1, -0.05) is 30.3 Å². The number of nitrogens with one attached hydrogen (secondary N) is 2. The van der Waals surface area contributed by atoms with Crippen LogP contribution in [-0.2, 0) is 9.59 Å². The van der Waals surface area contributed by atoms with Crippen LogP contribution in [0.4, 0.5) is 4.79 Å². The van der Waals surface area contributed by atoms with E-state index < -0.39 is 24.0 Å². The summed E-state index contributed by atoms with van der Waals surface area (Å²) < 4.78 is 0. The molecule has 0 unspecified atom stereocenters. The topological polar surface area (TPSA) is 122 Å². The standard InChI is InChI=1S/C23H34N4O5/c1-15(2)27(23(30)31)14-16-12-19(21(28)25-32)20(24-13-16)22(29)26-10-8-18(9-11-26)17-6-4-3-5-7-17/h3-7,15-16,18-20,24,32H,8-14H2,1-2H3,(H,25,28)(H,30,31)/t16-,19-,20-/m0/s1. The number of carbonyl (C=O) groups is 3. The third kappa shape index (κ3) is 5.58. The SMILES string of the molecule is CC(C)N(C[C@@H]1CN[C@H](C(=O)N2CCC(c3ccccc3)CC2)[C@@H](C(=O)NO)C1)C(=O)O. The lowest BCUT2D eigenvalue weighted by atomic mass is 9.82. The van der Waals surface area contributed by atoms with Crippen LogP contribution in [0.1, 0.15) is 44.6 Å². The molecular weight excluding hydrogens is 412 g/mol. The summed E-state index contributed by atoms with van der Waals surface area (Å²) >= 11 is 0. The fourth-order valence-electron chi connectivity index (χ4n) is 4.90. The van der Waals surface area contributed by atoms with Crippen molar-refractivity contribution in [3.05, 3.63) is 35.9 Å². The van der Waals surface area contributed by atoms with Crippen molar-refractivity contribution in [2.75, 3.05) is 26.2 Å². The van der Waals surface area contributed by atoms with Gasteiger partial charge < -0.3 is 20.2 Å². The zero-order valence-corrected chi connectivity index (χ0v) is 18.7. The van der Waals surface area contributed by atoms with E-state index in [4.69, 9.17) is 0 Å². The van der Waals surface area contributed by atoms with E-state index in [2.05, 4.69) is 17.4 Å². The summed E-state index contributed by atoms with van der Waals surface area (Å²) in [6.45, 7) is 5.53. The quantitative estimate of drug-likeness (QED) is 0.391. The van der Waals surface area contributed by atoms with Gasteiger partial charge in [-0.05, 0) is 50.5 Å². The highest BCUT2D eigenvalue weighted by Gasteiger charge is 2.42. The molecule has 0 spiro atoms. The average Bonchev–Trinajstić information content (AvgIpc) is 2.81. The summed E-state index contributed by atoms with van der Waals surface area (Å²) in [5.41, 5.74) is 2.97. The fraction of sp³-hybridized carbons (Fsp3) is 0.609. The number of hydroxylamine groups is 1. The van der Waals surface area contributed by atoms with E-state index in [0.29, 0.717) is 32.0 Å². The Kier molecular flexibility index (Phi) is 8.09. The molecule has 0 aliphatic carbocycles. The number of piperidine rings is 2. The summed E-state index contributed by atoms with van der Waals surface area (Å²) in [5, 5.41) is 21.9. The van der Waals surface area contributed by atoms with Crippen LogP contribution >= 0.6 is 0 Å². The first kappa shape index (κ1) is 24.0. The number of rotatable bonds is 6. The molecule has 2 aliphatic heterocycles. The van der Waals surface area contributed by atoms with Gasteiger partial charge in [0.05, 0.1) is 12.0 Å². The molecule has 176 valence electrons. The molecular formula is C23H34N4O5. The summed E-state index contributed by atoms with van der Waals surface area (Å²) in [7, 11) is 0. The maximum Gasteiger partial charge on any atom is 0.407 e. The first-order valence-electron chi connectivity index (χ1n) is 11.3. The van der Waals surface area contributed by atoms with Crippen LogP contribution in [0.2, 0.25) is 0 Å². The minimum absolute atomic E-state index is 0.135. The number of likely N-dealkylation sites (tertiary alicyclic amines) is 1. The van der Waals surface area contributed by atoms with Crippen LogP contribution in [0.5, 0.6) is 0 Å². The fourth-order valence-corrected chi connectivity index (χ4v) is 4.90. The van der Waals surface area contributed by atoms with E-state index in [1.165, 1.54) is 10.5 Å². The Morgan fingerprint density at radius 1 is 1.19 bits per heavy atom. The molecule has 0 radical (unpaired) electrons. The normalized spacial score (nSPS) is 24.2. The second-order valence-corrected chi connectivity index (χ2v) is 9.11. The van der Waals surface area contributed by atoms with Gasteiger partial charge in [-0.3, -0.25) is 14.8 Å². The van der Waals surface area contributed by atoms with Crippen molar-refractivity contribution in [1.29, 1.82) is 0 Å². The maximum absolute atomic E-state index is 13.3. The lowest BCUT2D eigenvalue weighted by Gasteiger charge is -2.41. The number of nitrogens with zero attached hydrogens (tertiary/aromatic N) is 2. The average molecular weight is 447 g/mol. The molecule has 2 fully saturated rings. The molecule has 0 bridgehead atoms. The van der Waals surface area contributed by atoms with E-state index >= 15 is 0 Å². The van der Waals surface area contributed by atoms with Crippen molar-refractivity contribution < 1.29 is 24.7 Å². The summed E-state index contributed by atoms with van der Waals surface area (Å²) in [6.07, 6.45) is 1.04. The molecule has 4 N–H and O–H groups in total. The van der Waals surface area contributed by atoms with Crippen molar-refractivity contribution in [2.45, 2.75) is 51.1 Å². The Morgan fingerprint density at radius 2 is 1.84 bits per heavy atom. The molecule has 1 aromatic carbocycles. The van der Waals surface area contributed by atoms with Gasteiger partial charge in [-0.2, -0.15) is 0 Å². The number of amides is 3. The van der Waals surface area contributed by atoms with Crippen LogP contribution in [0, 0.1) is 11.8 Å². The first-order valence-corrected chi connectivity index (χ1v) is 11.3. The molecule has 9 nitrogen and oxygen atoms in total. The highest BCUT2D eigenvalue weighted by atomic mass is 16.5. The summed E-state index contributed by atoms with van der Waals surface area (Å²) in [4.78, 5) is 40.3. The van der Waals surface area contributed by atoms with E-state index in [-0.39, 0.29) is 24.4 Å². The monoisotopic (exact) mass is 446 g/mol. The van der Waals surface area contributed by atoms with Crippen LogP contribution in [0.3, 0.4) is 0 Å². The molecule has 9 heteroatoms. The number of carbonyl (C=O) groups excluding carboxylic acids is 2. The third-order valence-electron chi connectivity index (χ3n) is 6.73. The largest absolute Gasteiger partial charge is 0.465 e. The van der Waals surface area contributed by atoms with Gasteiger partial charge in [0, 0.05) is 32.2 Å². The Balaban J connectivity index is 1.63. The lowest BCUT2D eigenvalue weighted by Crippen LogP contribution is -2.60. The molecule has 0 aromatic heterocycles. The second kappa shape index (κ2) is 10.8. The Morgan fingerprint density at radius 3 is 2.41 bits per heavy atom. The van der Waals surface area contributed by atoms with Crippen molar-refractivity contribution in [2.24, 2.45) is 11.8 Å². The van der Waals surface area contributed by atoms with E-state index in [1.54, 1.807) is 24.2 Å². The zero-order valence-electron chi connectivity index (χ0n) is 18.7. The van der Waals surface area contributed by atoms with Crippen LogP contribution in [0.25, 0.3) is 0 Å². The van der Waals surface area contributed by atoms with Gasteiger partial charge in [-0.25, -0.2) is 10.3 Å². The molecule has 2 heterocycles. The highest BCUT2D eigenvalue weighted by molar-refractivity contribution is 5.90. The van der Waals surface area contributed by atoms with E-state index in [1.807, 2.05) is 18.2 Å². The smallest absolute Gasteiger partial charge is 0.407 e. The Hall–Kier alpha value is -2.65. The van der Waals surface area contributed by atoms with Crippen molar-refractivity contribution in [3.63, 3.8) is 0 Å².